The molecule has 1 amide bonds. The van der Waals surface area contributed by atoms with E-state index in [1.54, 1.807) is 29.7 Å². The number of hydrogen-bond donors (Lipinski definition) is 1. The van der Waals surface area contributed by atoms with Gasteiger partial charge in [-0.3, -0.25) is 9.69 Å². The molecule has 2 aliphatic heterocycles. The summed E-state index contributed by atoms with van der Waals surface area (Å²) < 4.78 is 39.7. The number of thiophene rings is 1. The molecule has 0 radical (unpaired) electrons. The Labute approximate surface area is 241 Å². The summed E-state index contributed by atoms with van der Waals surface area (Å²) in [6.07, 6.45) is 4.07. The number of benzene rings is 1. The highest BCUT2D eigenvalue weighted by Gasteiger charge is 2.29. The number of nitrogens with zero attached hydrogens (tertiary/aromatic N) is 6. The molecule has 3 aromatic heterocycles. The first-order valence-corrected chi connectivity index (χ1v) is 15.4. The summed E-state index contributed by atoms with van der Waals surface area (Å²) in [5.74, 6) is 1.04. The minimum atomic E-state index is -3.65. The van der Waals surface area contributed by atoms with Gasteiger partial charge in [0.1, 0.15) is 12.0 Å². The Kier molecular flexibility index (Phi) is 7.81. The van der Waals surface area contributed by atoms with Crippen LogP contribution in [0.3, 0.4) is 0 Å². The maximum absolute atomic E-state index is 13.2. The summed E-state index contributed by atoms with van der Waals surface area (Å²) in [5, 5.41) is 2.63. The van der Waals surface area contributed by atoms with E-state index in [0.717, 1.165) is 40.1 Å². The Hall–Kier alpha value is -3.69. The van der Waals surface area contributed by atoms with Gasteiger partial charge in [0.15, 0.2) is 18.0 Å². The lowest BCUT2D eigenvalue weighted by Gasteiger charge is -2.33. The first kappa shape index (κ1) is 27.5. The number of carbonyl (C=O) groups excluding carboxylic acids is 1. The molecule has 14 heteroatoms. The molecule has 5 heterocycles. The van der Waals surface area contributed by atoms with Crippen molar-refractivity contribution in [2.24, 2.45) is 0 Å². The maximum atomic E-state index is 13.2. The monoisotopic (exact) mass is 595 g/mol. The van der Waals surface area contributed by atoms with Crippen LogP contribution in [0.15, 0.2) is 65.0 Å². The highest BCUT2D eigenvalue weighted by molar-refractivity contribution is 7.89. The summed E-state index contributed by atoms with van der Waals surface area (Å²) in [6, 6.07) is 8.27. The first-order chi connectivity index (χ1) is 19.9. The molecular formula is C27H29N7O5S2. The van der Waals surface area contributed by atoms with E-state index < -0.39 is 10.0 Å². The number of sulfonamides is 1. The van der Waals surface area contributed by atoms with E-state index in [4.69, 9.17) is 19.1 Å². The minimum absolute atomic E-state index is 0.198. The number of ether oxygens (including phenoxy) is 1. The number of hydrogen-bond acceptors (Lipinski definition) is 11. The largest absolute Gasteiger partial charge is 0.451 e. The van der Waals surface area contributed by atoms with Crippen molar-refractivity contribution >= 4 is 49.0 Å². The molecule has 2 saturated heterocycles. The fourth-order valence-corrected chi connectivity index (χ4v) is 7.45. The third-order valence-electron chi connectivity index (χ3n) is 7.03. The van der Waals surface area contributed by atoms with Crippen LogP contribution >= 0.6 is 11.3 Å². The Bertz CT molecular complexity index is 1640. The Morgan fingerprint density at radius 1 is 1.07 bits per heavy atom. The van der Waals surface area contributed by atoms with Gasteiger partial charge in [-0.15, -0.1) is 11.3 Å². The van der Waals surface area contributed by atoms with E-state index in [1.807, 2.05) is 0 Å². The zero-order valence-corrected chi connectivity index (χ0v) is 23.9. The van der Waals surface area contributed by atoms with Crippen LogP contribution in [0.5, 0.6) is 0 Å². The number of amides is 1. The van der Waals surface area contributed by atoms with Gasteiger partial charge in [0.05, 0.1) is 28.3 Å². The molecule has 0 aliphatic carbocycles. The predicted molar refractivity (Wildman–Crippen MR) is 155 cm³/mol. The van der Waals surface area contributed by atoms with Gasteiger partial charge in [-0.05, 0) is 36.4 Å². The fourth-order valence-electron chi connectivity index (χ4n) is 4.87. The predicted octanol–water partition coefficient (Wildman–Crippen LogP) is 2.81. The van der Waals surface area contributed by atoms with Crippen molar-refractivity contribution in [1.29, 1.82) is 0 Å². The van der Waals surface area contributed by atoms with Crippen LogP contribution in [0.2, 0.25) is 0 Å². The van der Waals surface area contributed by atoms with Crippen molar-refractivity contribution in [2.75, 3.05) is 62.7 Å². The van der Waals surface area contributed by atoms with E-state index >= 15 is 0 Å². The zero-order valence-electron chi connectivity index (χ0n) is 22.2. The van der Waals surface area contributed by atoms with Gasteiger partial charge in [-0.1, -0.05) is 6.58 Å². The standard InChI is InChI=1S/C27H29N7O5S2/c1-2-24(35)29-19-3-5-21(6-4-19)41(36,37)34-9-7-32(8-10-34)16-20-15-22-25(40-20)27(33-11-13-38-14-12-33)31-26(30-22)23-17-39-18-28-23/h2-6,15,17-18H,1,7-14,16H2,(H,29,35). The average molecular weight is 596 g/mol. The van der Waals surface area contributed by atoms with Crippen molar-refractivity contribution in [2.45, 2.75) is 11.4 Å². The minimum Gasteiger partial charge on any atom is -0.451 e. The molecular weight excluding hydrogens is 566 g/mol. The molecule has 12 nitrogen and oxygen atoms in total. The maximum Gasteiger partial charge on any atom is 0.247 e. The van der Waals surface area contributed by atoms with E-state index in [-0.39, 0.29) is 10.8 Å². The second-order valence-corrected chi connectivity index (χ2v) is 12.7. The Balaban J connectivity index is 1.15. The number of fused-ring (bicyclic) bond motifs is 1. The molecule has 1 N–H and O–H groups in total. The van der Waals surface area contributed by atoms with Crippen LogP contribution in [-0.4, -0.2) is 91.0 Å². The summed E-state index contributed by atoms with van der Waals surface area (Å²) >= 11 is 1.67. The van der Waals surface area contributed by atoms with E-state index in [2.05, 4.69) is 32.7 Å². The quantitative estimate of drug-likeness (QED) is 0.303. The van der Waals surface area contributed by atoms with E-state index in [9.17, 15) is 13.2 Å². The van der Waals surface area contributed by atoms with Crippen LogP contribution in [-0.2, 0) is 26.1 Å². The van der Waals surface area contributed by atoms with Crippen molar-refractivity contribution in [3.05, 3.63) is 60.5 Å². The van der Waals surface area contributed by atoms with Crippen LogP contribution in [0.25, 0.3) is 21.7 Å². The molecule has 2 fully saturated rings. The van der Waals surface area contributed by atoms with Crippen molar-refractivity contribution in [3.8, 4) is 11.5 Å². The SMILES string of the molecule is C=CC(=O)Nc1ccc(S(=O)(=O)N2CCN(Cc3cc4nc(-c5cocn5)nc(N5CCOCC5)c4s3)CC2)cc1. The van der Waals surface area contributed by atoms with Crippen LogP contribution < -0.4 is 10.2 Å². The molecule has 1 aromatic carbocycles. The Morgan fingerprint density at radius 3 is 2.51 bits per heavy atom. The molecule has 6 rings (SSSR count). The third-order valence-corrected chi connectivity index (χ3v) is 10.1. The third kappa shape index (κ3) is 5.87. The van der Waals surface area contributed by atoms with Gasteiger partial charge < -0.3 is 19.4 Å². The van der Waals surface area contributed by atoms with Gasteiger partial charge in [0.25, 0.3) is 0 Å². The fraction of sp³-hybridized carbons (Fsp3) is 0.333. The summed E-state index contributed by atoms with van der Waals surface area (Å²) in [5.41, 5.74) is 1.95. The van der Waals surface area contributed by atoms with Gasteiger partial charge in [-0.2, -0.15) is 4.31 Å². The van der Waals surface area contributed by atoms with Gasteiger partial charge in [0.2, 0.25) is 15.9 Å². The number of aromatic nitrogens is 3. The van der Waals surface area contributed by atoms with E-state index in [0.29, 0.717) is 63.1 Å². The second-order valence-electron chi connectivity index (χ2n) is 9.67. The number of morpholine rings is 1. The summed E-state index contributed by atoms with van der Waals surface area (Å²) in [7, 11) is -3.65. The highest BCUT2D eigenvalue weighted by atomic mass is 32.2. The smallest absolute Gasteiger partial charge is 0.247 e. The molecule has 2 aliphatic rings. The van der Waals surface area contributed by atoms with Crippen LogP contribution in [0.1, 0.15) is 4.88 Å². The highest BCUT2D eigenvalue weighted by Crippen LogP contribution is 2.35. The molecule has 4 aromatic rings. The second kappa shape index (κ2) is 11.7. The van der Waals surface area contributed by atoms with Crippen LogP contribution in [0.4, 0.5) is 11.5 Å². The van der Waals surface area contributed by atoms with E-state index in [1.165, 1.54) is 22.8 Å². The average Bonchev–Trinajstić information content (AvgIpc) is 3.68. The molecule has 0 saturated carbocycles. The number of piperazine rings is 1. The molecule has 41 heavy (non-hydrogen) atoms. The normalized spacial score (nSPS) is 17.1. The van der Waals surface area contributed by atoms with Gasteiger partial charge >= 0.3 is 0 Å². The first-order valence-electron chi connectivity index (χ1n) is 13.2. The van der Waals surface area contributed by atoms with Gasteiger partial charge in [-0.25, -0.2) is 23.4 Å². The number of carbonyl (C=O) groups is 1. The Morgan fingerprint density at radius 2 is 1.83 bits per heavy atom. The molecule has 0 atom stereocenters. The molecule has 0 unspecified atom stereocenters. The number of oxazole rings is 1. The lowest BCUT2D eigenvalue weighted by molar-refractivity contribution is -0.111. The van der Waals surface area contributed by atoms with Crippen LogP contribution in [0, 0.1) is 0 Å². The van der Waals surface area contributed by atoms with Crippen molar-refractivity contribution < 1.29 is 22.4 Å². The lowest BCUT2D eigenvalue weighted by Crippen LogP contribution is -2.48. The number of anilines is 2. The summed E-state index contributed by atoms with van der Waals surface area (Å²) in [4.78, 5) is 31.2. The molecule has 0 bridgehead atoms. The number of rotatable bonds is 8. The van der Waals surface area contributed by atoms with Crippen molar-refractivity contribution in [1.82, 2.24) is 24.2 Å². The molecule has 0 spiro atoms. The molecule has 214 valence electrons. The number of nitrogens with one attached hydrogen (secondary N) is 1. The van der Waals surface area contributed by atoms with Crippen molar-refractivity contribution in [3.63, 3.8) is 0 Å². The summed E-state index contributed by atoms with van der Waals surface area (Å²) in [6.45, 7) is 8.88. The topological polar surface area (TPSA) is 134 Å². The lowest BCUT2D eigenvalue weighted by atomic mass is 10.3. The zero-order chi connectivity index (χ0) is 28.4. The van der Waals surface area contributed by atoms with Gasteiger partial charge in [0, 0.05) is 56.4 Å².